The Bertz CT molecular complexity index is 960. The molecule has 2 aromatic carbocycles. The first-order chi connectivity index (χ1) is 13.2. The molecule has 1 fully saturated rings. The third-order valence-electron chi connectivity index (χ3n) is 4.59. The molecule has 0 bridgehead atoms. The van der Waals surface area contributed by atoms with Crippen molar-refractivity contribution in [3.63, 3.8) is 0 Å². The van der Waals surface area contributed by atoms with Crippen LogP contribution in [0.5, 0.6) is 5.75 Å². The van der Waals surface area contributed by atoms with Gasteiger partial charge >= 0.3 is 0 Å². The standard InChI is InChI=1S/C22H19ClN2O2/c23-18-11-10-17(14-20(18)27-15-16-6-2-1-3-7-16)22-19(8-4-12-24-22)25-13-5-9-21(25)26/h1-4,6-8,10-12,14H,5,9,13,15H2. The first-order valence-electron chi connectivity index (χ1n) is 8.94. The largest absolute Gasteiger partial charge is 0.487 e. The number of aromatic nitrogens is 1. The summed E-state index contributed by atoms with van der Waals surface area (Å²) in [6, 6.07) is 19.3. The Morgan fingerprint density at radius 2 is 1.93 bits per heavy atom. The lowest BCUT2D eigenvalue weighted by Gasteiger charge is -2.19. The molecule has 136 valence electrons. The van der Waals surface area contributed by atoms with Crippen LogP contribution in [-0.4, -0.2) is 17.4 Å². The van der Waals surface area contributed by atoms with Crippen LogP contribution in [0.4, 0.5) is 5.69 Å². The van der Waals surface area contributed by atoms with E-state index in [1.54, 1.807) is 11.1 Å². The highest BCUT2D eigenvalue weighted by atomic mass is 35.5. The lowest BCUT2D eigenvalue weighted by Crippen LogP contribution is -2.24. The second-order valence-electron chi connectivity index (χ2n) is 6.44. The van der Waals surface area contributed by atoms with Crippen molar-refractivity contribution in [1.82, 2.24) is 4.98 Å². The van der Waals surface area contributed by atoms with E-state index >= 15 is 0 Å². The number of nitrogens with zero attached hydrogens (tertiary/aromatic N) is 2. The molecule has 1 aliphatic rings. The van der Waals surface area contributed by atoms with Gasteiger partial charge in [-0.1, -0.05) is 48.0 Å². The topological polar surface area (TPSA) is 42.4 Å². The van der Waals surface area contributed by atoms with Crippen molar-refractivity contribution < 1.29 is 9.53 Å². The Kier molecular flexibility index (Phi) is 5.07. The van der Waals surface area contributed by atoms with Crippen LogP contribution in [0.2, 0.25) is 5.02 Å². The first-order valence-corrected chi connectivity index (χ1v) is 9.32. The van der Waals surface area contributed by atoms with Gasteiger partial charge in [-0.15, -0.1) is 0 Å². The smallest absolute Gasteiger partial charge is 0.227 e. The van der Waals surface area contributed by atoms with Crippen molar-refractivity contribution >= 4 is 23.2 Å². The molecule has 27 heavy (non-hydrogen) atoms. The van der Waals surface area contributed by atoms with Gasteiger partial charge in [0.25, 0.3) is 0 Å². The van der Waals surface area contributed by atoms with Crippen molar-refractivity contribution in [3.05, 3.63) is 77.4 Å². The van der Waals surface area contributed by atoms with Gasteiger partial charge in [0.1, 0.15) is 12.4 Å². The summed E-state index contributed by atoms with van der Waals surface area (Å²) >= 11 is 6.33. The normalized spacial score (nSPS) is 13.8. The maximum Gasteiger partial charge on any atom is 0.227 e. The van der Waals surface area contributed by atoms with Gasteiger partial charge < -0.3 is 9.64 Å². The molecule has 1 amide bonds. The van der Waals surface area contributed by atoms with Crippen molar-refractivity contribution in [2.75, 3.05) is 11.4 Å². The zero-order valence-electron chi connectivity index (χ0n) is 14.8. The zero-order chi connectivity index (χ0) is 18.6. The predicted molar refractivity (Wildman–Crippen MR) is 107 cm³/mol. The van der Waals surface area contributed by atoms with Crippen molar-refractivity contribution in [2.24, 2.45) is 0 Å². The highest BCUT2D eigenvalue weighted by Gasteiger charge is 2.24. The molecule has 2 heterocycles. The van der Waals surface area contributed by atoms with Crippen LogP contribution in [0.25, 0.3) is 11.3 Å². The summed E-state index contributed by atoms with van der Waals surface area (Å²) in [7, 11) is 0. The third-order valence-corrected chi connectivity index (χ3v) is 4.90. The van der Waals surface area contributed by atoms with Gasteiger partial charge in [0.15, 0.2) is 0 Å². The van der Waals surface area contributed by atoms with E-state index < -0.39 is 0 Å². The number of pyridine rings is 1. The van der Waals surface area contributed by atoms with Gasteiger partial charge in [-0.2, -0.15) is 0 Å². The molecule has 0 radical (unpaired) electrons. The Balaban J connectivity index is 1.64. The number of hydrogen-bond donors (Lipinski definition) is 0. The van der Waals surface area contributed by atoms with E-state index in [9.17, 15) is 4.79 Å². The van der Waals surface area contributed by atoms with Crippen molar-refractivity contribution in [1.29, 1.82) is 0 Å². The fourth-order valence-corrected chi connectivity index (χ4v) is 3.41. The van der Waals surface area contributed by atoms with Crippen LogP contribution in [0, 0.1) is 0 Å². The Morgan fingerprint density at radius 1 is 1.07 bits per heavy atom. The minimum absolute atomic E-state index is 0.138. The molecule has 0 spiro atoms. The first kappa shape index (κ1) is 17.6. The lowest BCUT2D eigenvalue weighted by molar-refractivity contribution is -0.117. The predicted octanol–water partition coefficient (Wildman–Crippen LogP) is 5.11. The summed E-state index contributed by atoms with van der Waals surface area (Å²) in [4.78, 5) is 18.5. The van der Waals surface area contributed by atoms with Crippen molar-refractivity contribution in [3.8, 4) is 17.0 Å². The molecule has 5 heteroatoms. The average Bonchev–Trinajstić information content (AvgIpc) is 3.14. The fraction of sp³-hybridized carbons (Fsp3) is 0.182. The Morgan fingerprint density at radius 3 is 2.70 bits per heavy atom. The van der Waals surface area contributed by atoms with Gasteiger partial charge in [-0.25, -0.2) is 0 Å². The molecular formula is C22H19ClN2O2. The van der Waals surface area contributed by atoms with Crippen molar-refractivity contribution in [2.45, 2.75) is 19.4 Å². The molecule has 1 saturated heterocycles. The average molecular weight is 379 g/mol. The maximum atomic E-state index is 12.2. The number of carbonyl (C=O) groups excluding carboxylic acids is 1. The summed E-state index contributed by atoms with van der Waals surface area (Å²) in [5.74, 6) is 0.737. The minimum Gasteiger partial charge on any atom is -0.487 e. The van der Waals surface area contributed by atoms with Gasteiger partial charge in [0, 0.05) is 24.7 Å². The second kappa shape index (κ2) is 7.80. The zero-order valence-corrected chi connectivity index (χ0v) is 15.5. The van der Waals surface area contributed by atoms with Gasteiger partial charge in [0.2, 0.25) is 5.91 Å². The monoisotopic (exact) mass is 378 g/mol. The number of carbonyl (C=O) groups is 1. The summed E-state index contributed by atoms with van der Waals surface area (Å²) in [5.41, 5.74) is 3.53. The molecule has 3 aromatic rings. The summed E-state index contributed by atoms with van der Waals surface area (Å²) < 4.78 is 5.93. The molecule has 1 aliphatic heterocycles. The number of benzene rings is 2. The number of ether oxygens (including phenoxy) is 1. The number of rotatable bonds is 5. The van der Waals surface area contributed by atoms with E-state index in [0.717, 1.165) is 35.5 Å². The number of hydrogen-bond acceptors (Lipinski definition) is 3. The molecular weight excluding hydrogens is 360 g/mol. The third kappa shape index (κ3) is 3.81. The maximum absolute atomic E-state index is 12.2. The van der Waals surface area contributed by atoms with Crippen LogP contribution in [0.3, 0.4) is 0 Å². The van der Waals surface area contributed by atoms with E-state index in [1.165, 1.54) is 0 Å². The number of halogens is 1. The highest BCUT2D eigenvalue weighted by molar-refractivity contribution is 6.32. The molecule has 4 rings (SSSR count). The fourth-order valence-electron chi connectivity index (χ4n) is 3.24. The van der Waals surface area contributed by atoms with Crippen LogP contribution in [0.15, 0.2) is 66.9 Å². The Labute approximate surface area is 163 Å². The lowest BCUT2D eigenvalue weighted by atomic mass is 10.1. The molecule has 4 nitrogen and oxygen atoms in total. The van der Waals surface area contributed by atoms with E-state index in [1.807, 2.05) is 60.7 Å². The summed E-state index contributed by atoms with van der Waals surface area (Å²) in [6.45, 7) is 1.16. The number of anilines is 1. The quantitative estimate of drug-likeness (QED) is 0.619. The molecule has 0 N–H and O–H groups in total. The molecule has 0 aliphatic carbocycles. The van der Waals surface area contributed by atoms with E-state index in [0.29, 0.717) is 23.8 Å². The minimum atomic E-state index is 0.138. The van der Waals surface area contributed by atoms with Crippen LogP contribution >= 0.6 is 11.6 Å². The summed E-state index contributed by atoms with van der Waals surface area (Å²) in [6.07, 6.45) is 3.19. The van der Waals surface area contributed by atoms with E-state index in [-0.39, 0.29) is 5.91 Å². The molecule has 0 atom stereocenters. The van der Waals surface area contributed by atoms with E-state index in [4.69, 9.17) is 16.3 Å². The molecule has 0 unspecified atom stereocenters. The molecule has 1 aromatic heterocycles. The van der Waals surface area contributed by atoms with Crippen LogP contribution in [0.1, 0.15) is 18.4 Å². The SMILES string of the molecule is O=C1CCCN1c1cccnc1-c1ccc(Cl)c(OCc2ccccc2)c1. The van der Waals surface area contributed by atoms with Crippen LogP contribution in [-0.2, 0) is 11.4 Å². The Hall–Kier alpha value is -2.85. The number of amides is 1. The van der Waals surface area contributed by atoms with Gasteiger partial charge in [-0.3, -0.25) is 9.78 Å². The summed E-state index contributed by atoms with van der Waals surface area (Å²) in [5, 5.41) is 0.546. The van der Waals surface area contributed by atoms with Crippen LogP contribution < -0.4 is 9.64 Å². The second-order valence-corrected chi connectivity index (χ2v) is 6.85. The molecule has 0 saturated carbocycles. The highest BCUT2D eigenvalue weighted by Crippen LogP contribution is 2.35. The van der Waals surface area contributed by atoms with E-state index in [2.05, 4.69) is 4.98 Å². The van der Waals surface area contributed by atoms with Gasteiger partial charge in [-0.05, 0) is 36.2 Å². The van der Waals surface area contributed by atoms with Gasteiger partial charge in [0.05, 0.1) is 16.4 Å².